The topological polar surface area (TPSA) is 28.7 Å². The van der Waals surface area contributed by atoms with Gasteiger partial charge in [-0.15, -0.1) is 0 Å². The lowest BCUT2D eigenvalue weighted by Gasteiger charge is -1.90. The average Bonchev–Trinajstić information content (AvgIpc) is 2.33. The standard InChI is InChI=1S/C8H7ClN2/c1-5-2-3-7-6(4-5)8(9)11-10-7/h2-4H,1H3,(H,10,11). The van der Waals surface area contributed by atoms with Crippen molar-refractivity contribution in [1.82, 2.24) is 10.2 Å². The van der Waals surface area contributed by atoms with Gasteiger partial charge in [-0.1, -0.05) is 23.2 Å². The first-order chi connectivity index (χ1) is 5.27. The summed E-state index contributed by atoms with van der Waals surface area (Å²) >= 11 is 5.83. The molecule has 0 radical (unpaired) electrons. The normalized spacial score (nSPS) is 10.7. The fraction of sp³-hybridized carbons (Fsp3) is 0.125. The number of hydrogen-bond donors (Lipinski definition) is 1. The number of benzene rings is 1. The van der Waals surface area contributed by atoms with E-state index in [9.17, 15) is 0 Å². The summed E-state index contributed by atoms with van der Waals surface area (Å²) in [6.45, 7) is 2.03. The molecule has 0 aliphatic rings. The molecule has 0 saturated heterocycles. The summed E-state index contributed by atoms with van der Waals surface area (Å²) < 4.78 is 0. The summed E-state index contributed by atoms with van der Waals surface area (Å²) in [6.07, 6.45) is 0. The Labute approximate surface area is 69.2 Å². The summed E-state index contributed by atoms with van der Waals surface area (Å²) in [5.41, 5.74) is 2.11. The average molecular weight is 167 g/mol. The summed E-state index contributed by atoms with van der Waals surface area (Å²) in [7, 11) is 0. The van der Waals surface area contributed by atoms with E-state index in [1.807, 2.05) is 25.1 Å². The Morgan fingerprint density at radius 3 is 3.09 bits per heavy atom. The second kappa shape index (κ2) is 2.24. The number of nitrogens with zero attached hydrogens (tertiary/aromatic N) is 1. The van der Waals surface area contributed by atoms with E-state index in [0.29, 0.717) is 5.15 Å². The van der Waals surface area contributed by atoms with Gasteiger partial charge in [0.05, 0.1) is 5.52 Å². The van der Waals surface area contributed by atoms with Gasteiger partial charge in [-0.25, -0.2) is 0 Å². The molecule has 1 aromatic carbocycles. The molecule has 0 unspecified atom stereocenters. The second-order valence-corrected chi connectivity index (χ2v) is 2.94. The van der Waals surface area contributed by atoms with Gasteiger partial charge >= 0.3 is 0 Å². The molecule has 0 aliphatic heterocycles. The number of aromatic nitrogens is 2. The van der Waals surface area contributed by atoms with Crippen molar-refractivity contribution in [3.8, 4) is 0 Å². The zero-order valence-electron chi connectivity index (χ0n) is 6.06. The van der Waals surface area contributed by atoms with Crippen molar-refractivity contribution in [2.24, 2.45) is 0 Å². The highest BCUT2D eigenvalue weighted by Crippen LogP contribution is 2.20. The van der Waals surface area contributed by atoms with Crippen LogP contribution in [-0.4, -0.2) is 10.2 Å². The van der Waals surface area contributed by atoms with Gasteiger partial charge in [-0.05, 0) is 19.1 Å². The fourth-order valence-electron chi connectivity index (χ4n) is 1.09. The van der Waals surface area contributed by atoms with Crippen LogP contribution in [0.2, 0.25) is 5.15 Å². The fourth-order valence-corrected chi connectivity index (χ4v) is 1.29. The molecular weight excluding hydrogens is 160 g/mol. The van der Waals surface area contributed by atoms with Crippen molar-refractivity contribution >= 4 is 22.5 Å². The van der Waals surface area contributed by atoms with E-state index in [1.54, 1.807) is 0 Å². The number of halogens is 1. The Morgan fingerprint density at radius 2 is 2.27 bits per heavy atom. The van der Waals surface area contributed by atoms with E-state index in [1.165, 1.54) is 5.56 Å². The maximum absolute atomic E-state index is 5.83. The van der Waals surface area contributed by atoms with Crippen LogP contribution in [-0.2, 0) is 0 Å². The van der Waals surface area contributed by atoms with Crippen LogP contribution in [0.1, 0.15) is 5.56 Å². The van der Waals surface area contributed by atoms with Crippen LogP contribution in [0, 0.1) is 6.92 Å². The van der Waals surface area contributed by atoms with Gasteiger partial charge in [0.2, 0.25) is 0 Å². The molecule has 2 rings (SSSR count). The first-order valence-electron chi connectivity index (χ1n) is 3.37. The number of hydrogen-bond acceptors (Lipinski definition) is 1. The van der Waals surface area contributed by atoms with Crippen molar-refractivity contribution in [2.75, 3.05) is 0 Å². The lowest BCUT2D eigenvalue weighted by molar-refractivity contribution is 1.12. The number of nitrogens with one attached hydrogen (secondary N) is 1. The van der Waals surface area contributed by atoms with Crippen LogP contribution in [0.25, 0.3) is 10.9 Å². The number of rotatable bonds is 0. The van der Waals surface area contributed by atoms with Crippen molar-refractivity contribution in [3.63, 3.8) is 0 Å². The third-order valence-electron chi connectivity index (χ3n) is 1.66. The Morgan fingerprint density at radius 1 is 1.45 bits per heavy atom. The lowest BCUT2D eigenvalue weighted by atomic mass is 10.2. The van der Waals surface area contributed by atoms with Gasteiger partial charge < -0.3 is 0 Å². The number of H-pyrrole nitrogens is 1. The Kier molecular flexibility index (Phi) is 1.36. The van der Waals surface area contributed by atoms with Gasteiger partial charge in [-0.3, -0.25) is 5.10 Å². The molecule has 2 nitrogen and oxygen atoms in total. The maximum Gasteiger partial charge on any atom is 0.132 e. The zero-order valence-corrected chi connectivity index (χ0v) is 6.81. The van der Waals surface area contributed by atoms with Crippen LogP contribution in [0.3, 0.4) is 0 Å². The minimum atomic E-state index is 0.615. The Bertz CT molecular complexity index is 392. The monoisotopic (exact) mass is 166 g/mol. The van der Waals surface area contributed by atoms with Crippen LogP contribution < -0.4 is 0 Å². The molecule has 1 heterocycles. The molecule has 1 N–H and O–H groups in total. The Balaban J connectivity index is 2.87. The van der Waals surface area contributed by atoms with Crippen molar-refractivity contribution in [2.45, 2.75) is 6.92 Å². The summed E-state index contributed by atoms with van der Waals surface area (Å²) in [4.78, 5) is 0. The van der Waals surface area contributed by atoms with E-state index >= 15 is 0 Å². The molecule has 56 valence electrons. The summed E-state index contributed by atoms with van der Waals surface area (Å²) in [6, 6.07) is 5.98. The molecule has 0 atom stereocenters. The van der Waals surface area contributed by atoms with Crippen molar-refractivity contribution in [3.05, 3.63) is 28.9 Å². The van der Waals surface area contributed by atoms with Gasteiger partial charge in [-0.2, -0.15) is 5.10 Å². The van der Waals surface area contributed by atoms with Crippen LogP contribution in [0.15, 0.2) is 18.2 Å². The highest BCUT2D eigenvalue weighted by atomic mass is 35.5. The summed E-state index contributed by atoms with van der Waals surface area (Å²) in [5.74, 6) is 0. The van der Waals surface area contributed by atoms with Crippen molar-refractivity contribution in [1.29, 1.82) is 0 Å². The van der Waals surface area contributed by atoms with Crippen molar-refractivity contribution < 1.29 is 0 Å². The van der Waals surface area contributed by atoms with Crippen LogP contribution in [0.4, 0.5) is 0 Å². The molecule has 3 heteroatoms. The molecule has 11 heavy (non-hydrogen) atoms. The smallest absolute Gasteiger partial charge is 0.132 e. The third kappa shape index (κ3) is 0.994. The SMILES string of the molecule is Cc1ccc2n[nH]c(Cl)c2c1. The molecule has 0 aliphatic carbocycles. The van der Waals surface area contributed by atoms with E-state index in [4.69, 9.17) is 11.6 Å². The molecule has 2 aromatic rings. The molecule has 0 bridgehead atoms. The third-order valence-corrected chi connectivity index (χ3v) is 1.95. The maximum atomic E-state index is 5.83. The largest absolute Gasteiger partial charge is 0.266 e. The van der Waals surface area contributed by atoms with Crippen LogP contribution in [0.5, 0.6) is 0 Å². The number of aromatic amines is 1. The molecule has 1 aromatic heterocycles. The first kappa shape index (κ1) is 6.68. The highest BCUT2D eigenvalue weighted by Gasteiger charge is 2.00. The van der Waals surface area contributed by atoms with E-state index < -0.39 is 0 Å². The predicted octanol–water partition coefficient (Wildman–Crippen LogP) is 2.52. The van der Waals surface area contributed by atoms with Gasteiger partial charge in [0, 0.05) is 5.39 Å². The second-order valence-electron chi connectivity index (χ2n) is 2.56. The summed E-state index contributed by atoms with van der Waals surface area (Å²) in [5, 5.41) is 8.33. The van der Waals surface area contributed by atoms with E-state index in [-0.39, 0.29) is 0 Å². The van der Waals surface area contributed by atoms with E-state index in [2.05, 4.69) is 10.2 Å². The molecule has 0 saturated carbocycles. The first-order valence-corrected chi connectivity index (χ1v) is 3.75. The quantitative estimate of drug-likeness (QED) is 0.640. The zero-order chi connectivity index (χ0) is 7.84. The molecular formula is C8H7ClN2. The minimum absolute atomic E-state index is 0.615. The number of fused-ring (bicyclic) bond motifs is 1. The molecule has 0 amide bonds. The minimum Gasteiger partial charge on any atom is -0.266 e. The van der Waals surface area contributed by atoms with Gasteiger partial charge in [0.25, 0.3) is 0 Å². The number of aryl methyl sites for hydroxylation is 1. The van der Waals surface area contributed by atoms with Crippen LogP contribution >= 0.6 is 11.6 Å². The van der Waals surface area contributed by atoms with E-state index in [0.717, 1.165) is 10.9 Å². The predicted molar refractivity (Wildman–Crippen MR) is 45.8 cm³/mol. The van der Waals surface area contributed by atoms with Gasteiger partial charge in [0.15, 0.2) is 0 Å². The lowest BCUT2D eigenvalue weighted by Crippen LogP contribution is -1.70. The molecule has 0 spiro atoms. The Hall–Kier alpha value is -1.02. The van der Waals surface area contributed by atoms with Gasteiger partial charge in [0.1, 0.15) is 5.15 Å². The molecule has 0 fully saturated rings. The highest BCUT2D eigenvalue weighted by molar-refractivity contribution is 6.34.